The van der Waals surface area contributed by atoms with Gasteiger partial charge < -0.3 is 9.47 Å². The molecule has 0 heterocycles. The maximum atomic E-state index is 13.3. The summed E-state index contributed by atoms with van der Waals surface area (Å²) in [6.07, 6.45) is 1.77. The first kappa shape index (κ1) is 19.0. The van der Waals surface area contributed by atoms with Crippen molar-refractivity contribution in [1.82, 2.24) is 0 Å². The molecule has 0 N–H and O–H groups in total. The van der Waals surface area contributed by atoms with E-state index in [1.165, 1.54) is 12.1 Å². The Morgan fingerprint density at radius 3 is 2.48 bits per heavy atom. The van der Waals surface area contributed by atoms with Gasteiger partial charge >= 0.3 is 0 Å². The molecule has 144 valence electrons. The Morgan fingerprint density at radius 2 is 1.76 bits per heavy atom. The average Bonchev–Trinajstić information content (AvgIpc) is 2.98. The van der Waals surface area contributed by atoms with E-state index in [-0.39, 0.29) is 18.2 Å². The van der Waals surface area contributed by atoms with Gasteiger partial charge in [0, 0.05) is 16.7 Å². The predicted molar refractivity (Wildman–Crippen MR) is 114 cm³/mol. The van der Waals surface area contributed by atoms with Gasteiger partial charge in [-0.3, -0.25) is 4.79 Å². The summed E-state index contributed by atoms with van der Waals surface area (Å²) in [5.41, 5.74) is 3.42. The minimum absolute atomic E-state index is 0.0732. The Kier molecular flexibility index (Phi) is 5.23. The molecule has 0 saturated heterocycles. The van der Waals surface area contributed by atoms with E-state index in [2.05, 4.69) is 0 Å². The summed E-state index contributed by atoms with van der Waals surface area (Å²) in [5, 5.41) is 0. The number of hydrogen-bond acceptors (Lipinski definition) is 4. The minimum Gasteiger partial charge on any atom is -0.493 e. The molecule has 0 amide bonds. The number of benzene rings is 3. The van der Waals surface area contributed by atoms with Crippen molar-refractivity contribution in [2.75, 3.05) is 7.11 Å². The van der Waals surface area contributed by atoms with Gasteiger partial charge in [0.05, 0.1) is 12.0 Å². The predicted octanol–water partition coefficient (Wildman–Crippen LogP) is 5.41. The number of rotatable bonds is 5. The van der Waals surface area contributed by atoms with Crippen molar-refractivity contribution in [3.05, 3.63) is 100 Å². The smallest absolute Gasteiger partial charge is 0.195 e. The topological polar surface area (TPSA) is 35.5 Å². The highest BCUT2D eigenvalue weighted by atomic mass is 32.1. The normalized spacial score (nSPS) is 14.2. The Labute approximate surface area is 173 Å². The highest BCUT2D eigenvalue weighted by molar-refractivity contribution is 7.81. The lowest BCUT2D eigenvalue weighted by molar-refractivity contribution is 0.104. The van der Waals surface area contributed by atoms with Crippen LogP contribution in [0.1, 0.15) is 27.0 Å². The van der Waals surface area contributed by atoms with Gasteiger partial charge in [-0.15, -0.1) is 0 Å². The van der Waals surface area contributed by atoms with E-state index in [0.717, 1.165) is 16.7 Å². The number of hydrogen-bond donors (Lipinski definition) is 0. The lowest BCUT2D eigenvalue weighted by Crippen LogP contribution is -2.00. The molecule has 0 aliphatic heterocycles. The van der Waals surface area contributed by atoms with E-state index < -0.39 is 0 Å². The standard InChI is InChI=1S/C24H17FO3S/c1-27-22-13-15(9-10-21(22)28-14-16-5-4-6-17(25)11-16)12-20-23(26)18-7-2-3-8-19(18)24(20)29/h2-13H,14H2,1H3/b20-12+. The molecule has 0 spiro atoms. The van der Waals surface area contributed by atoms with Crippen LogP contribution in [-0.2, 0) is 6.61 Å². The SMILES string of the molecule is COc1cc(/C=C2\C(=O)c3ccccc3C2=S)ccc1OCc1cccc(F)c1. The number of fused-ring (bicyclic) bond motifs is 1. The molecule has 0 atom stereocenters. The number of ether oxygens (including phenoxy) is 2. The quantitative estimate of drug-likeness (QED) is 0.421. The van der Waals surface area contributed by atoms with Crippen LogP contribution in [0.15, 0.2) is 72.3 Å². The highest BCUT2D eigenvalue weighted by Crippen LogP contribution is 2.32. The Bertz CT molecular complexity index is 1110. The Hall–Kier alpha value is -3.31. The molecule has 0 aromatic heterocycles. The van der Waals surface area contributed by atoms with Crippen molar-refractivity contribution in [2.45, 2.75) is 6.61 Å². The van der Waals surface area contributed by atoms with E-state index in [4.69, 9.17) is 21.7 Å². The summed E-state index contributed by atoms with van der Waals surface area (Å²) in [6, 6.07) is 19.0. The summed E-state index contributed by atoms with van der Waals surface area (Å²) in [5.74, 6) is 0.668. The summed E-state index contributed by atoms with van der Waals surface area (Å²) in [6.45, 7) is 0.215. The van der Waals surface area contributed by atoms with Crippen molar-refractivity contribution >= 4 is 28.9 Å². The van der Waals surface area contributed by atoms with E-state index in [1.54, 1.807) is 43.5 Å². The van der Waals surface area contributed by atoms with Crippen LogP contribution in [0.3, 0.4) is 0 Å². The van der Waals surface area contributed by atoms with Crippen molar-refractivity contribution in [1.29, 1.82) is 0 Å². The molecule has 5 heteroatoms. The lowest BCUT2D eigenvalue weighted by Gasteiger charge is -2.12. The van der Waals surface area contributed by atoms with Crippen LogP contribution in [0, 0.1) is 5.82 Å². The summed E-state index contributed by atoms with van der Waals surface area (Å²) < 4.78 is 24.5. The number of ketones is 1. The molecule has 29 heavy (non-hydrogen) atoms. The van der Waals surface area contributed by atoms with Gasteiger partial charge in [0.15, 0.2) is 17.3 Å². The first-order valence-electron chi connectivity index (χ1n) is 9.02. The van der Waals surface area contributed by atoms with Crippen LogP contribution in [0.4, 0.5) is 4.39 Å². The second kappa shape index (κ2) is 7.97. The monoisotopic (exact) mass is 404 g/mol. The number of carbonyl (C=O) groups is 1. The zero-order chi connectivity index (χ0) is 20.4. The van der Waals surface area contributed by atoms with Crippen LogP contribution >= 0.6 is 12.2 Å². The Morgan fingerprint density at radius 1 is 0.966 bits per heavy atom. The van der Waals surface area contributed by atoms with Gasteiger partial charge in [-0.25, -0.2) is 4.39 Å². The molecule has 3 aromatic rings. The fraction of sp³-hybridized carbons (Fsp3) is 0.0833. The summed E-state index contributed by atoms with van der Waals surface area (Å²) >= 11 is 5.49. The van der Waals surface area contributed by atoms with Gasteiger partial charge in [-0.05, 0) is 41.5 Å². The lowest BCUT2D eigenvalue weighted by atomic mass is 10.1. The number of halogens is 1. The fourth-order valence-electron chi connectivity index (χ4n) is 3.25. The van der Waals surface area contributed by atoms with Crippen LogP contribution < -0.4 is 9.47 Å². The third-order valence-electron chi connectivity index (χ3n) is 4.69. The molecule has 1 aliphatic carbocycles. The molecular formula is C24H17FO3S. The molecule has 3 aromatic carbocycles. The molecule has 1 aliphatic rings. The van der Waals surface area contributed by atoms with E-state index in [9.17, 15) is 9.18 Å². The molecule has 0 saturated carbocycles. The molecule has 3 nitrogen and oxygen atoms in total. The van der Waals surface area contributed by atoms with Crippen LogP contribution in [0.2, 0.25) is 0 Å². The first-order valence-corrected chi connectivity index (χ1v) is 9.43. The zero-order valence-electron chi connectivity index (χ0n) is 15.6. The van der Waals surface area contributed by atoms with Gasteiger partial charge in [0.25, 0.3) is 0 Å². The molecule has 0 unspecified atom stereocenters. The highest BCUT2D eigenvalue weighted by Gasteiger charge is 2.29. The maximum Gasteiger partial charge on any atom is 0.195 e. The second-order valence-corrected chi connectivity index (χ2v) is 7.00. The van der Waals surface area contributed by atoms with Crippen molar-refractivity contribution in [2.24, 2.45) is 0 Å². The Balaban J connectivity index is 1.58. The van der Waals surface area contributed by atoms with E-state index in [1.807, 2.05) is 24.3 Å². The third-order valence-corrected chi connectivity index (χ3v) is 5.13. The van der Waals surface area contributed by atoms with Crippen molar-refractivity contribution < 1.29 is 18.7 Å². The van der Waals surface area contributed by atoms with Crippen molar-refractivity contribution in [3.63, 3.8) is 0 Å². The van der Waals surface area contributed by atoms with Crippen molar-refractivity contribution in [3.8, 4) is 11.5 Å². The molecular weight excluding hydrogens is 387 g/mol. The summed E-state index contributed by atoms with van der Waals surface area (Å²) in [4.78, 5) is 13.2. The number of Topliss-reactive ketones (excluding diaryl/α,β-unsaturated/α-hetero) is 1. The van der Waals surface area contributed by atoms with Crippen LogP contribution in [0.5, 0.6) is 11.5 Å². The van der Waals surface area contributed by atoms with Gasteiger partial charge in [0.1, 0.15) is 12.4 Å². The first-order chi connectivity index (χ1) is 14.1. The third kappa shape index (κ3) is 3.82. The summed E-state index contributed by atoms with van der Waals surface area (Å²) in [7, 11) is 1.54. The van der Waals surface area contributed by atoms with Crippen LogP contribution in [-0.4, -0.2) is 17.8 Å². The minimum atomic E-state index is -0.307. The van der Waals surface area contributed by atoms with Gasteiger partial charge in [0.2, 0.25) is 0 Å². The number of thiocarbonyl (C=S) groups is 1. The second-order valence-electron chi connectivity index (χ2n) is 6.59. The zero-order valence-corrected chi connectivity index (χ0v) is 16.5. The number of allylic oxidation sites excluding steroid dienone is 1. The van der Waals surface area contributed by atoms with E-state index in [0.29, 0.717) is 27.5 Å². The average molecular weight is 404 g/mol. The molecule has 4 rings (SSSR count). The van der Waals surface area contributed by atoms with Gasteiger partial charge in [-0.2, -0.15) is 0 Å². The van der Waals surface area contributed by atoms with Gasteiger partial charge in [-0.1, -0.05) is 54.7 Å². The number of carbonyl (C=O) groups excluding carboxylic acids is 1. The maximum absolute atomic E-state index is 13.3. The van der Waals surface area contributed by atoms with Crippen LogP contribution in [0.25, 0.3) is 6.08 Å². The van der Waals surface area contributed by atoms with E-state index >= 15 is 0 Å². The fourth-order valence-corrected chi connectivity index (χ4v) is 3.58. The number of methoxy groups -OCH3 is 1. The molecule has 0 bridgehead atoms. The molecule has 0 radical (unpaired) electrons. The largest absolute Gasteiger partial charge is 0.493 e. The molecule has 0 fully saturated rings.